The Hall–Kier alpha value is -0.450. The van der Waals surface area contributed by atoms with Crippen molar-refractivity contribution in [3.63, 3.8) is 0 Å². The van der Waals surface area contributed by atoms with Crippen molar-refractivity contribution in [2.24, 2.45) is 5.92 Å². The van der Waals surface area contributed by atoms with Gasteiger partial charge >= 0.3 is 0 Å². The lowest BCUT2D eigenvalue weighted by Gasteiger charge is -2.26. The number of aryl methyl sites for hydroxylation is 1. The molecular weight excluding hydrogens is 242 g/mol. The molecule has 0 saturated heterocycles. The zero-order valence-electron chi connectivity index (χ0n) is 12.6. The molecule has 1 aromatic heterocycles. The highest BCUT2D eigenvalue weighted by Crippen LogP contribution is 2.14. The van der Waals surface area contributed by atoms with Crippen LogP contribution < -0.4 is 5.32 Å². The minimum absolute atomic E-state index is 0.209. The van der Waals surface area contributed by atoms with Gasteiger partial charge in [0.05, 0.1) is 11.2 Å². The minimum atomic E-state index is 0.209. The first-order valence-electron chi connectivity index (χ1n) is 6.60. The molecule has 3 nitrogen and oxygen atoms in total. The van der Waals surface area contributed by atoms with E-state index in [0.717, 1.165) is 19.6 Å². The minimum Gasteiger partial charge on any atom is -0.312 e. The molecule has 0 fully saturated rings. The number of thiazole rings is 1. The molecule has 0 aliphatic heterocycles. The summed E-state index contributed by atoms with van der Waals surface area (Å²) in [5, 5.41) is 3.56. The van der Waals surface area contributed by atoms with Gasteiger partial charge in [0.2, 0.25) is 0 Å². The molecule has 1 unspecified atom stereocenters. The molecule has 0 amide bonds. The van der Waals surface area contributed by atoms with Crippen LogP contribution in [-0.4, -0.2) is 35.6 Å². The summed E-state index contributed by atoms with van der Waals surface area (Å²) in [5.74, 6) is 0.655. The number of aromatic nitrogens is 1. The predicted molar refractivity (Wildman–Crippen MR) is 80.1 cm³/mol. The molecule has 1 N–H and O–H groups in total. The Balaban J connectivity index is 2.31. The zero-order chi connectivity index (χ0) is 13.8. The largest absolute Gasteiger partial charge is 0.312 e. The van der Waals surface area contributed by atoms with Crippen molar-refractivity contribution in [2.75, 3.05) is 20.1 Å². The van der Waals surface area contributed by atoms with Crippen LogP contribution in [0, 0.1) is 12.8 Å². The van der Waals surface area contributed by atoms with E-state index in [0.29, 0.717) is 5.92 Å². The highest BCUT2D eigenvalue weighted by Gasteiger charge is 2.13. The normalized spacial score (nSPS) is 14.2. The van der Waals surface area contributed by atoms with Crippen molar-refractivity contribution < 1.29 is 0 Å². The quantitative estimate of drug-likeness (QED) is 0.860. The van der Waals surface area contributed by atoms with Gasteiger partial charge in [0.25, 0.3) is 0 Å². The van der Waals surface area contributed by atoms with Crippen LogP contribution in [0.25, 0.3) is 0 Å². The van der Waals surface area contributed by atoms with E-state index in [-0.39, 0.29) is 5.54 Å². The van der Waals surface area contributed by atoms with Gasteiger partial charge in [-0.2, -0.15) is 0 Å². The molecule has 0 radical (unpaired) electrons. The molecule has 1 heterocycles. The molecule has 0 aromatic carbocycles. The highest BCUT2D eigenvalue weighted by molar-refractivity contribution is 7.09. The van der Waals surface area contributed by atoms with Gasteiger partial charge in [-0.15, -0.1) is 11.3 Å². The Kier molecular flexibility index (Phi) is 5.76. The van der Waals surface area contributed by atoms with Crippen molar-refractivity contribution in [3.8, 4) is 0 Å². The summed E-state index contributed by atoms with van der Waals surface area (Å²) in [5.41, 5.74) is 3.32. The molecule has 0 bridgehead atoms. The molecule has 0 spiro atoms. The first-order chi connectivity index (χ1) is 8.28. The smallest absolute Gasteiger partial charge is 0.0798 e. The SMILES string of the molecule is Cc1ncsc1CN(C)CC(C)CNC(C)(C)C. The monoisotopic (exact) mass is 269 g/mol. The topological polar surface area (TPSA) is 28.2 Å². The summed E-state index contributed by atoms with van der Waals surface area (Å²) in [7, 11) is 2.19. The fourth-order valence-electron chi connectivity index (χ4n) is 1.86. The first-order valence-corrected chi connectivity index (χ1v) is 7.48. The average Bonchev–Trinajstić information content (AvgIpc) is 2.60. The van der Waals surface area contributed by atoms with Gasteiger partial charge in [-0.3, -0.25) is 0 Å². The molecule has 1 rings (SSSR count). The second kappa shape index (κ2) is 6.64. The van der Waals surface area contributed by atoms with Crippen molar-refractivity contribution >= 4 is 11.3 Å². The molecule has 1 atom stereocenters. The fraction of sp³-hybridized carbons (Fsp3) is 0.786. The van der Waals surface area contributed by atoms with E-state index in [9.17, 15) is 0 Å². The fourth-order valence-corrected chi connectivity index (χ4v) is 2.72. The maximum Gasteiger partial charge on any atom is 0.0798 e. The molecular formula is C14H27N3S. The Morgan fingerprint density at radius 3 is 2.61 bits per heavy atom. The van der Waals surface area contributed by atoms with E-state index in [1.807, 2.05) is 5.51 Å². The van der Waals surface area contributed by atoms with Crippen molar-refractivity contribution in [1.82, 2.24) is 15.2 Å². The maximum absolute atomic E-state index is 4.30. The van der Waals surface area contributed by atoms with Crippen LogP contribution >= 0.6 is 11.3 Å². The van der Waals surface area contributed by atoms with E-state index in [1.165, 1.54) is 10.6 Å². The lowest BCUT2D eigenvalue weighted by Crippen LogP contribution is -2.40. The van der Waals surface area contributed by atoms with Crippen molar-refractivity contribution in [2.45, 2.75) is 46.7 Å². The van der Waals surface area contributed by atoms with Gasteiger partial charge in [-0.1, -0.05) is 6.92 Å². The second-order valence-electron chi connectivity index (χ2n) is 6.29. The number of hydrogen-bond donors (Lipinski definition) is 1. The summed E-state index contributed by atoms with van der Waals surface area (Å²) >= 11 is 1.75. The van der Waals surface area contributed by atoms with E-state index >= 15 is 0 Å². The van der Waals surface area contributed by atoms with Crippen LogP contribution in [0.1, 0.15) is 38.3 Å². The van der Waals surface area contributed by atoms with Crippen LogP contribution in [0.5, 0.6) is 0 Å². The van der Waals surface area contributed by atoms with Gasteiger partial charge in [0.15, 0.2) is 0 Å². The number of nitrogens with zero attached hydrogens (tertiary/aromatic N) is 2. The summed E-state index contributed by atoms with van der Waals surface area (Å²) in [6.07, 6.45) is 0. The van der Waals surface area contributed by atoms with E-state index in [1.54, 1.807) is 11.3 Å². The number of rotatable bonds is 6. The third kappa shape index (κ3) is 5.94. The van der Waals surface area contributed by atoms with Crippen molar-refractivity contribution in [1.29, 1.82) is 0 Å². The third-order valence-corrected chi connectivity index (χ3v) is 3.78. The van der Waals surface area contributed by atoms with Crippen LogP contribution in [0.3, 0.4) is 0 Å². The molecule has 0 saturated carbocycles. The summed E-state index contributed by atoms with van der Waals surface area (Å²) in [6, 6.07) is 0. The molecule has 0 aliphatic carbocycles. The number of nitrogens with one attached hydrogen (secondary N) is 1. The lowest BCUT2D eigenvalue weighted by molar-refractivity contribution is 0.263. The van der Waals surface area contributed by atoms with Crippen molar-refractivity contribution in [3.05, 3.63) is 16.1 Å². The predicted octanol–water partition coefficient (Wildman–Crippen LogP) is 2.91. The summed E-state index contributed by atoms with van der Waals surface area (Å²) in [6.45, 7) is 14.2. The summed E-state index contributed by atoms with van der Waals surface area (Å²) < 4.78 is 0. The Morgan fingerprint density at radius 2 is 2.11 bits per heavy atom. The van der Waals surface area contributed by atoms with E-state index in [2.05, 4.69) is 56.9 Å². The maximum atomic E-state index is 4.30. The average molecular weight is 269 g/mol. The molecule has 18 heavy (non-hydrogen) atoms. The van der Waals surface area contributed by atoms with Crippen LogP contribution in [-0.2, 0) is 6.54 Å². The van der Waals surface area contributed by atoms with Gasteiger partial charge in [-0.05, 0) is 47.2 Å². The Bertz CT molecular complexity index is 354. The van der Waals surface area contributed by atoms with Crippen LogP contribution in [0.2, 0.25) is 0 Å². The molecule has 104 valence electrons. The Morgan fingerprint density at radius 1 is 1.44 bits per heavy atom. The lowest BCUT2D eigenvalue weighted by atomic mass is 10.1. The zero-order valence-corrected chi connectivity index (χ0v) is 13.4. The number of hydrogen-bond acceptors (Lipinski definition) is 4. The third-order valence-electron chi connectivity index (χ3n) is 2.86. The van der Waals surface area contributed by atoms with Gasteiger partial charge in [-0.25, -0.2) is 4.98 Å². The molecule has 1 aromatic rings. The standard InChI is InChI=1S/C14H27N3S/c1-11(7-16-14(3,4)5)8-17(6)9-13-12(2)15-10-18-13/h10-11,16H,7-9H2,1-6H3. The van der Waals surface area contributed by atoms with Crippen LogP contribution in [0.15, 0.2) is 5.51 Å². The van der Waals surface area contributed by atoms with Gasteiger partial charge in [0.1, 0.15) is 0 Å². The van der Waals surface area contributed by atoms with Gasteiger partial charge < -0.3 is 10.2 Å². The highest BCUT2D eigenvalue weighted by atomic mass is 32.1. The first kappa shape index (κ1) is 15.6. The van der Waals surface area contributed by atoms with E-state index < -0.39 is 0 Å². The Labute approximate surface area is 116 Å². The molecule has 0 aliphatic rings. The van der Waals surface area contributed by atoms with Gasteiger partial charge in [0, 0.05) is 23.5 Å². The molecule has 4 heteroatoms. The summed E-state index contributed by atoms with van der Waals surface area (Å²) in [4.78, 5) is 8.06. The van der Waals surface area contributed by atoms with Crippen LogP contribution in [0.4, 0.5) is 0 Å². The van der Waals surface area contributed by atoms with E-state index in [4.69, 9.17) is 0 Å². The second-order valence-corrected chi connectivity index (χ2v) is 7.23.